The first-order valence-corrected chi connectivity index (χ1v) is 4.39. The minimum absolute atomic E-state index is 0.0228. The molecule has 0 spiro atoms. The highest BCUT2D eigenvalue weighted by Gasteiger charge is 2.12. The quantitative estimate of drug-likeness (QED) is 0.607. The fourth-order valence-corrected chi connectivity index (χ4v) is 1.36. The van der Waals surface area contributed by atoms with E-state index in [4.69, 9.17) is 0 Å². The van der Waals surface area contributed by atoms with Crippen LogP contribution >= 0.6 is 0 Å². The number of H-pyrrole nitrogens is 1. The van der Waals surface area contributed by atoms with Crippen LogP contribution in [0.5, 0.6) is 0 Å². The molecule has 0 radical (unpaired) electrons. The summed E-state index contributed by atoms with van der Waals surface area (Å²) in [5, 5.41) is 14.1. The van der Waals surface area contributed by atoms with Crippen LogP contribution in [0.2, 0.25) is 0 Å². The number of nitrogens with zero attached hydrogens (tertiary/aromatic N) is 2. The number of nitro groups is 1. The Labute approximate surface area is 88.9 Å². The highest BCUT2D eigenvalue weighted by molar-refractivity contribution is 5.59. The molecule has 0 saturated heterocycles. The van der Waals surface area contributed by atoms with Crippen molar-refractivity contribution in [2.75, 3.05) is 0 Å². The molecule has 0 atom stereocenters. The van der Waals surface area contributed by atoms with Gasteiger partial charge in [0.05, 0.1) is 4.92 Å². The molecule has 0 unspecified atom stereocenters. The minimum Gasteiger partial charge on any atom is -0.296 e. The standard InChI is InChI=1S/C9H7N3O4/c1-5-4-6(2-3-7(5)12(14)15)8-10-9(13)16-11-8/h2-4H,1H3,(H,10,11,13). The van der Waals surface area contributed by atoms with E-state index >= 15 is 0 Å². The Balaban J connectivity index is 2.49. The van der Waals surface area contributed by atoms with Crippen LogP contribution in [0.4, 0.5) is 5.69 Å². The van der Waals surface area contributed by atoms with Crippen LogP contribution in [-0.2, 0) is 0 Å². The van der Waals surface area contributed by atoms with Gasteiger partial charge in [-0.3, -0.25) is 19.6 Å². The maximum atomic E-state index is 10.7. The molecular formula is C9H7N3O4. The molecule has 1 N–H and O–H groups in total. The van der Waals surface area contributed by atoms with Crippen molar-refractivity contribution in [2.45, 2.75) is 6.92 Å². The maximum Gasteiger partial charge on any atom is 0.439 e. The molecular weight excluding hydrogens is 214 g/mol. The van der Waals surface area contributed by atoms with Crippen molar-refractivity contribution < 1.29 is 9.45 Å². The summed E-state index contributed by atoms with van der Waals surface area (Å²) in [5.41, 5.74) is 1.08. The number of benzene rings is 1. The maximum absolute atomic E-state index is 10.7. The molecule has 0 aliphatic carbocycles. The van der Waals surface area contributed by atoms with E-state index in [2.05, 4.69) is 14.7 Å². The van der Waals surface area contributed by atoms with Gasteiger partial charge in [0.2, 0.25) is 0 Å². The van der Waals surface area contributed by atoms with Crippen molar-refractivity contribution in [2.24, 2.45) is 0 Å². The second-order valence-electron chi connectivity index (χ2n) is 3.20. The van der Waals surface area contributed by atoms with Gasteiger partial charge in [0, 0.05) is 17.2 Å². The van der Waals surface area contributed by atoms with Crippen molar-refractivity contribution in [1.29, 1.82) is 0 Å². The molecule has 1 aromatic carbocycles. The summed E-state index contributed by atoms with van der Waals surface area (Å²) in [6, 6.07) is 4.42. The molecule has 16 heavy (non-hydrogen) atoms. The van der Waals surface area contributed by atoms with Crippen LogP contribution in [0, 0.1) is 17.0 Å². The van der Waals surface area contributed by atoms with E-state index in [0.717, 1.165) is 0 Å². The van der Waals surface area contributed by atoms with Gasteiger partial charge in [-0.1, -0.05) is 5.16 Å². The van der Waals surface area contributed by atoms with Crippen molar-refractivity contribution in [1.82, 2.24) is 10.1 Å². The van der Waals surface area contributed by atoms with E-state index in [-0.39, 0.29) is 11.5 Å². The number of aromatic amines is 1. The minimum atomic E-state index is -0.661. The fraction of sp³-hybridized carbons (Fsp3) is 0.111. The third-order valence-corrected chi connectivity index (χ3v) is 2.11. The van der Waals surface area contributed by atoms with Gasteiger partial charge in [-0.2, -0.15) is 0 Å². The number of nitro benzene ring substituents is 1. The third kappa shape index (κ3) is 1.70. The van der Waals surface area contributed by atoms with Gasteiger partial charge in [-0.05, 0) is 19.1 Å². The fourth-order valence-electron chi connectivity index (χ4n) is 1.36. The molecule has 82 valence electrons. The Morgan fingerprint density at radius 2 is 2.25 bits per heavy atom. The van der Waals surface area contributed by atoms with Gasteiger partial charge in [-0.15, -0.1) is 0 Å². The summed E-state index contributed by atoms with van der Waals surface area (Å²) in [6.07, 6.45) is 0. The van der Waals surface area contributed by atoms with Gasteiger partial charge in [-0.25, -0.2) is 4.79 Å². The van der Waals surface area contributed by atoms with E-state index in [1.807, 2.05) is 0 Å². The molecule has 1 aromatic heterocycles. The lowest BCUT2D eigenvalue weighted by Crippen LogP contribution is -1.95. The number of hydrogen-bond donors (Lipinski definition) is 1. The van der Waals surface area contributed by atoms with Gasteiger partial charge in [0.1, 0.15) is 0 Å². The number of aryl methyl sites for hydroxylation is 1. The highest BCUT2D eigenvalue weighted by atomic mass is 16.6. The molecule has 0 fully saturated rings. The van der Waals surface area contributed by atoms with Crippen LogP contribution in [0.15, 0.2) is 27.5 Å². The van der Waals surface area contributed by atoms with E-state index < -0.39 is 10.7 Å². The summed E-state index contributed by atoms with van der Waals surface area (Å²) in [7, 11) is 0. The molecule has 0 bridgehead atoms. The second-order valence-corrected chi connectivity index (χ2v) is 3.20. The molecule has 7 heteroatoms. The lowest BCUT2D eigenvalue weighted by atomic mass is 10.1. The van der Waals surface area contributed by atoms with Crippen molar-refractivity contribution >= 4 is 5.69 Å². The third-order valence-electron chi connectivity index (χ3n) is 2.11. The number of aromatic nitrogens is 2. The van der Waals surface area contributed by atoms with E-state index in [1.54, 1.807) is 13.0 Å². The van der Waals surface area contributed by atoms with E-state index in [1.165, 1.54) is 12.1 Å². The zero-order valence-electron chi connectivity index (χ0n) is 8.26. The van der Waals surface area contributed by atoms with Gasteiger partial charge in [0.15, 0.2) is 5.82 Å². The largest absolute Gasteiger partial charge is 0.439 e. The predicted molar refractivity (Wildman–Crippen MR) is 54.0 cm³/mol. The predicted octanol–water partition coefficient (Wildman–Crippen LogP) is 1.25. The van der Waals surface area contributed by atoms with Crippen molar-refractivity contribution in [3.8, 4) is 11.4 Å². The van der Waals surface area contributed by atoms with E-state index in [0.29, 0.717) is 11.1 Å². The lowest BCUT2D eigenvalue weighted by molar-refractivity contribution is -0.385. The first-order chi connectivity index (χ1) is 7.58. The Hall–Kier alpha value is -2.44. The average molecular weight is 221 g/mol. The second kappa shape index (κ2) is 3.61. The number of hydrogen-bond acceptors (Lipinski definition) is 5. The molecule has 0 aliphatic heterocycles. The molecule has 2 aromatic rings. The monoisotopic (exact) mass is 221 g/mol. The Bertz CT molecular complexity index is 599. The smallest absolute Gasteiger partial charge is 0.296 e. The molecule has 1 heterocycles. The number of rotatable bonds is 2. The number of nitrogens with one attached hydrogen (secondary N) is 1. The Morgan fingerprint density at radius 1 is 1.50 bits per heavy atom. The van der Waals surface area contributed by atoms with Crippen LogP contribution < -0.4 is 5.76 Å². The van der Waals surface area contributed by atoms with Crippen LogP contribution in [0.25, 0.3) is 11.4 Å². The first-order valence-electron chi connectivity index (χ1n) is 4.39. The van der Waals surface area contributed by atoms with Crippen LogP contribution in [0.1, 0.15) is 5.56 Å². The van der Waals surface area contributed by atoms with Crippen LogP contribution in [-0.4, -0.2) is 15.1 Å². The summed E-state index contributed by atoms with van der Waals surface area (Å²) in [5.74, 6) is -0.408. The van der Waals surface area contributed by atoms with Gasteiger partial charge >= 0.3 is 5.76 Å². The van der Waals surface area contributed by atoms with Crippen molar-refractivity contribution in [3.63, 3.8) is 0 Å². The zero-order chi connectivity index (χ0) is 11.7. The summed E-state index contributed by atoms with van der Waals surface area (Å²) in [4.78, 5) is 23.2. The average Bonchev–Trinajstić information content (AvgIpc) is 2.64. The van der Waals surface area contributed by atoms with Gasteiger partial charge < -0.3 is 0 Å². The molecule has 2 rings (SSSR count). The SMILES string of the molecule is Cc1cc(-c2noc(=O)[nH]2)ccc1[N+](=O)[O-]. The Kier molecular flexibility index (Phi) is 2.28. The van der Waals surface area contributed by atoms with Crippen LogP contribution in [0.3, 0.4) is 0 Å². The highest BCUT2D eigenvalue weighted by Crippen LogP contribution is 2.23. The lowest BCUT2D eigenvalue weighted by Gasteiger charge is -1.98. The zero-order valence-corrected chi connectivity index (χ0v) is 8.26. The molecule has 0 amide bonds. The molecule has 0 saturated carbocycles. The molecule has 7 nitrogen and oxygen atoms in total. The first kappa shape index (κ1) is 10.1. The van der Waals surface area contributed by atoms with E-state index in [9.17, 15) is 14.9 Å². The summed E-state index contributed by atoms with van der Waals surface area (Å²) < 4.78 is 4.34. The topological polar surface area (TPSA) is 102 Å². The Morgan fingerprint density at radius 3 is 2.75 bits per heavy atom. The van der Waals surface area contributed by atoms with Crippen molar-refractivity contribution in [3.05, 3.63) is 44.4 Å². The summed E-state index contributed by atoms with van der Waals surface area (Å²) >= 11 is 0. The normalized spacial score (nSPS) is 10.3. The summed E-state index contributed by atoms with van der Waals surface area (Å²) in [6.45, 7) is 1.61. The molecule has 0 aliphatic rings. The van der Waals surface area contributed by atoms with Gasteiger partial charge in [0.25, 0.3) is 5.69 Å².